The quantitative estimate of drug-likeness (QED) is 0.850. The second-order valence-electron chi connectivity index (χ2n) is 7.37. The van der Waals surface area contributed by atoms with Crippen molar-refractivity contribution in [2.45, 2.75) is 45.1 Å². The molecule has 0 spiro atoms. The predicted octanol–water partition coefficient (Wildman–Crippen LogP) is 3.22. The van der Waals surface area contributed by atoms with Crippen LogP contribution in [0.3, 0.4) is 0 Å². The number of nitrogens with zero attached hydrogens (tertiary/aromatic N) is 1. The molecule has 4 heteroatoms. The van der Waals surface area contributed by atoms with E-state index in [0.29, 0.717) is 34.7 Å². The molecule has 2 atom stereocenters. The van der Waals surface area contributed by atoms with Crippen molar-refractivity contribution in [3.8, 4) is 0 Å². The van der Waals surface area contributed by atoms with Crippen molar-refractivity contribution >= 4 is 17.3 Å². The first-order chi connectivity index (χ1) is 12.1. The summed E-state index contributed by atoms with van der Waals surface area (Å²) in [5.74, 6) is -0.186. The minimum Gasteiger partial charge on any atom is -0.301 e. The Balaban J connectivity index is 1.72. The maximum absolute atomic E-state index is 13.1. The lowest BCUT2D eigenvalue weighted by molar-refractivity contribution is -0.119. The number of hydrogen-bond acceptors (Lipinski definition) is 4. The lowest BCUT2D eigenvalue weighted by Crippen LogP contribution is -2.37. The van der Waals surface area contributed by atoms with E-state index in [4.69, 9.17) is 0 Å². The molecule has 0 amide bonds. The van der Waals surface area contributed by atoms with Crippen molar-refractivity contribution in [2.75, 3.05) is 13.1 Å². The van der Waals surface area contributed by atoms with E-state index in [1.807, 2.05) is 0 Å². The Kier molecular flexibility index (Phi) is 4.16. The Bertz CT molecular complexity index is 792. The Morgan fingerprint density at radius 2 is 1.80 bits per heavy atom. The van der Waals surface area contributed by atoms with Crippen LogP contribution in [0.25, 0.3) is 0 Å². The van der Waals surface area contributed by atoms with Gasteiger partial charge in [0, 0.05) is 41.2 Å². The third kappa shape index (κ3) is 2.69. The number of carbonyl (C=O) groups is 3. The molecular weight excluding hydrogens is 314 g/mol. The largest absolute Gasteiger partial charge is 0.301 e. The summed E-state index contributed by atoms with van der Waals surface area (Å²) in [6, 6.07) is 7.42. The molecule has 0 aromatic heterocycles. The number of allylic oxidation sites excluding steroid dienone is 2. The van der Waals surface area contributed by atoms with Crippen molar-refractivity contribution in [1.82, 2.24) is 4.90 Å². The molecule has 1 aliphatic heterocycles. The Labute approximate surface area is 147 Å². The molecule has 1 heterocycles. The summed E-state index contributed by atoms with van der Waals surface area (Å²) in [5, 5.41) is 0. The van der Waals surface area contributed by atoms with Gasteiger partial charge in [-0.2, -0.15) is 0 Å². The first-order valence-electron chi connectivity index (χ1n) is 9.27. The van der Waals surface area contributed by atoms with Crippen LogP contribution in [0.2, 0.25) is 0 Å². The van der Waals surface area contributed by atoms with E-state index in [2.05, 4.69) is 11.8 Å². The summed E-state index contributed by atoms with van der Waals surface area (Å²) in [7, 11) is 0. The minimum atomic E-state index is -0.123. The lowest BCUT2D eigenvalue weighted by atomic mass is 9.70. The summed E-state index contributed by atoms with van der Waals surface area (Å²) in [6.07, 6.45) is 3.60. The van der Waals surface area contributed by atoms with E-state index in [1.54, 1.807) is 24.3 Å². The van der Waals surface area contributed by atoms with Gasteiger partial charge in [0.2, 0.25) is 0 Å². The summed E-state index contributed by atoms with van der Waals surface area (Å²) in [6.45, 7) is 4.23. The fourth-order valence-electron chi connectivity index (χ4n) is 4.81. The standard InChI is InChI=1S/C21H23NO3/c1-2-22-9-5-6-14(22)10-13-11-15(23)12-18-19(13)21(25)17-8-4-3-7-16(17)20(18)24/h3-4,7-8,13-14H,2,5-6,9-12H2,1H3. The van der Waals surface area contributed by atoms with Crippen molar-refractivity contribution < 1.29 is 14.4 Å². The van der Waals surface area contributed by atoms with Crippen molar-refractivity contribution in [3.63, 3.8) is 0 Å². The number of carbonyl (C=O) groups excluding carboxylic acids is 3. The van der Waals surface area contributed by atoms with E-state index in [9.17, 15) is 14.4 Å². The van der Waals surface area contributed by atoms with Crippen LogP contribution in [0.1, 0.15) is 59.7 Å². The molecule has 3 aliphatic rings. The maximum atomic E-state index is 13.1. The van der Waals surface area contributed by atoms with Crippen LogP contribution in [-0.4, -0.2) is 41.4 Å². The van der Waals surface area contributed by atoms with Crippen LogP contribution in [0.4, 0.5) is 0 Å². The SMILES string of the molecule is CCN1CCCC1CC1CC(=O)CC2=C1C(=O)c1ccccc1C2=O. The van der Waals surface area contributed by atoms with E-state index < -0.39 is 0 Å². The van der Waals surface area contributed by atoms with Crippen LogP contribution in [0.5, 0.6) is 0 Å². The molecular formula is C21H23NO3. The molecule has 4 nitrogen and oxygen atoms in total. The zero-order valence-corrected chi connectivity index (χ0v) is 14.6. The van der Waals surface area contributed by atoms with Crippen molar-refractivity contribution in [2.24, 2.45) is 5.92 Å². The van der Waals surface area contributed by atoms with E-state index in [0.717, 1.165) is 25.9 Å². The monoisotopic (exact) mass is 337 g/mol. The third-order valence-electron chi connectivity index (χ3n) is 5.98. The molecule has 0 bridgehead atoms. The van der Waals surface area contributed by atoms with Crippen LogP contribution in [-0.2, 0) is 4.79 Å². The molecule has 130 valence electrons. The number of benzene rings is 1. The smallest absolute Gasteiger partial charge is 0.190 e. The topological polar surface area (TPSA) is 54.5 Å². The number of Topliss-reactive ketones (excluding diaryl/α,β-unsaturated/α-hetero) is 3. The summed E-state index contributed by atoms with van der Waals surface area (Å²) < 4.78 is 0. The molecule has 0 radical (unpaired) electrons. The van der Waals surface area contributed by atoms with Gasteiger partial charge in [-0.25, -0.2) is 0 Å². The van der Waals surface area contributed by atoms with Crippen LogP contribution in [0.15, 0.2) is 35.4 Å². The molecule has 1 aromatic rings. The molecule has 0 saturated carbocycles. The fraction of sp³-hybridized carbons (Fsp3) is 0.476. The highest BCUT2D eigenvalue weighted by Gasteiger charge is 2.41. The first kappa shape index (κ1) is 16.4. The first-order valence-corrected chi connectivity index (χ1v) is 9.27. The van der Waals surface area contributed by atoms with E-state index in [1.165, 1.54) is 6.42 Å². The van der Waals surface area contributed by atoms with Crippen molar-refractivity contribution in [1.29, 1.82) is 0 Å². The average molecular weight is 337 g/mol. The molecule has 4 rings (SSSR count). The van der Waals surface area contributed by atoms with Gasteiger partial charge in [0.1, 0.15) is 5.78 Å². The third-order valence-corrected chi connectivity index (χ3v) is 5.98. The van der Waals surface area contributed by atoms with Crippen LogP contribution >= 0.6 is 0 Å². The van der Waals surface area contributed by atoms with Gasteiger partial charge in [0.25, 0.3) is 0 Å². The van der Waals surface area contributed by atoms with Gasteiger partial charge >= 0.3 is 0 Å². The van der Waals surface area contributed by atoms with Crippen LogP contribution in [0, 0.1) is 5.92 Å². The predicted molar refractivity (Wildman–Crippen MR) is 94.7 cm³/mol. The zero-order valence-electron chi connectivity index (χ0n) is 14.6. The molecule has 25 heavy (non-hydrogen) atoms. The number of ketones is 3. The van der Waals surface area contributed by atoms with Gasteiger partial charge < -0.3 is 4.90 Å². The van der Waals surface area contributed by atoms with Gasteiger partial charge in [0.15, 0.2) is 11.6 Å². The highest BCUT2D eigenvalue weighted by molar-refractivity contribution is 6.28. The van der Waals surface area contributed by atoms with E-state index >= 15 is 0 Å². The Morgan fingerprint density at radius 1 is 1.08 bits per heavy atom. The lowest BCUT2D eigenvalue weighted by Gasteiger charge is -2.33. The normalized spacial score (nSPS) is 26.8. The molecule has 0 N–H and O–H groups in total. The van der Waals surface area contributed by atoms with Crippen LogP contribution < -0.4 is 0 Å². The minimum absolute atomic E-state index is 0.0382. The van der Waals surface area contributed by atoms with E-state index in [-0.39, 0.29) is 29.7 Å². The summed E-state index contributed by atoms with van der Waals surface area (Å²) in [4.78, 5) is 40.7. The van der Waals surface area contributed by atoms with Gasteiger partial charge in [-0.3, -0.25) is 14.4 Å². The highest BCUT2D eigenvalue weighted by Crippen LogP contribution is 2.40. The molecule has 1 fully saturated rings. The molecule has 1 aromatic carbocycles. The second kappa shape index (κ2) is 6.34. The summed E-state index contributed by atoms with van der Waals surface area (Å²) in [5.41, 5.74) is 2.05. The second-order valence-corrected chi connectivity index (χ2v) is 7.37. The van der Waals surface area contributed by atoms with Gasteiger partial charge in [-0.05, 0) is 38.3 Å². The zero-order chi connectivity index (χ0) is 17.6. The summed E-state index contributed by atoms with van der Waals surface area (Å²) >= 11 is 0. The maximum Gasteiger partial charge on any atom is 0.190 e. The molecule has 1 saturated heterocycles. The highest BCUT2D eigenvalue weighted by atomic mass is 16.1. The van der Waals surface area contributed by atoms with Crippen molar-refractivity contribution in [3.05, 3.63) is 46.5 Å². The van der Waals surface area contributed by atoms with Gasteiger partial charge in [-0.1, -0.05) is 31.2 Å². The number of likely N-dealkylation sites (tertiary alicyclic amines) is 1. The average Bonchev–Trinajstić information content (AvgIpc) is 3.06. The number of hydrogen-bond donors (Lipinski definition) is 0. The molecule has 2 unspecified atom stereocenters. The number of fused-ring (bicyclic) bond motifs is 1. The number of rotatable bonds is 3. The van der Waals surface area contributed by atoms with Gasteiger partial charge in [-0.15, -0.1) is 0 Å². The Hall–Kier alpha value is -2.07. The van der Waals surface area contributed by atoms with Gasteiger partial charge in [0.05, 0.1) is 0 Å². The Morgan fingerprint density at radius 3 is 2.52 bits per heavy atom. The molecule has 2 aliphatic carbocycles. The fourth-order valence-corrected chi connectivity index (χ4v) is 4.81.